The molecule has 106 valence electrons. The Bertz CT molecular complexity index is 417. The van der Waals surface area contributed by atoms with E-state index in [1.165, 1.54) is 0 Å². The first-order valence-electron chi connectivity index (χ1n) is 7.10. The molecule has 0 N–H and O–H groups in total. The van der Waals surface area contributed by atoms with Gasteiger partial charge in [0.2, 0.25) is 0 Å². The second-order valence-corrected chi connectivity index (χ2v) is 5.05. The lowest BCUT2D eigenvalue weighted by Crippen LogP contribution is -2.12. The number of nitrogens with zero attached hydrogens (tertiary/aromatic N) is 2. The van der Waals surface area contributed by atoms with Gasteiger partial charge < -0.3 is 4.74 Å². The number of carbonyl (C=O) groups is 1. The van der Waals surface area contributed by atoms with Crippen LogP contribution in [0.1, 0.15) is 62.4 Å². The van der Waals surface area contributed by atoms with Crippen LogP contribution < -0.4 is 0 Å². The van der Waals surface area contributed by atoms with Crippen molar-refractivity contribution in [3.05, 3.63) is 23.3 Å². The Kier molecular flexibility index (Phi) is 6.46. The van der Waals surface area contributed by atoms with Crippen molar-refractivity contribution in [2.75, 3.05) is 6.61 Å². The predicted octanol–water partition coefficient (Wildman–Crippen LogP) is 3.19. The lowest BCUT2D eigenvalue weighted by Gasteiger charge is -2.09. The van der Waals surface area contributed by atoms with Crippen molar-refractivity contribution in [3.8, 4) is 0 Å². The molecule has 1 aromatic heterocycles. The van der Waals surface area contributed by atoms with E-state index < -0.39 is 0 Å². The highest BCUT2D eigenvalue weighted by Crippen LogP contribution is 2.12. The smallest absolute Gasteiger partial charge is 0.341 e. The Morgan fingerprint density at radius 2 is 2.05 bits per heavy atom. The van der Waals surface area contributed by atoms with Gasteiger partial charge in [-0.2, -0.15) is 0 Å². The van der Waals surface area contributed by atoms with E-state index in [1.54, 1.807) is 13.1 Å². The summed E-state index contributed by atoms with van der Waals surface area (Å²) in [6.07, 6.45) is 5.27. The molecule has 1 heterocycles. The quantitative estimate of drug-likeness (QED) is 0.710. The number of aryl methyl sites for hydroxylation is 2. The van der Waals surface area contributed by atoms with Crippen molar-refractivity contribution in [2.45, 2.75) is 53.4 Å². The zero-order valence-corrected chi connectivity index (χ0v) is 12.4. The summed E-state index contributed by atoms with van der Waals surface area (Å²) in [5.41, 5.74) is 1.33. The molecule has 0 aromatic carbocycles. The molecule has 4 nitrogen and oxygen atoms in total. The van der Waals surface area contributed by atoms with Gasteiger partial charge in [-0.05, 0) is 25.7 Å². The Hall–Kier alpha value is -1.45. The van der Waals surface area contributed by atoms with Gasteiger partial charge in [0, 0.05) is 12.6 Å². The van der Waals surface area contributed by atoms with Gasteiger partial charge in [0.1, 0.15) is 5.82 Å². The zero-order valence-electron chi connectivity index (χ0n) is 12.4. The van der Waals surface area contributed by atoms with Gasteiger partial charge in [-0.1, -0.05) is 27.2 Å². The van der Waals surface area contributed by atoms with Crippen LogP contribution in [0, 0.1) is 5.92 Å². The summed E-state index contributed by atoms with van der Waals surface area (Å²) in [6.45, 7) is 8.61. The molecule has 0 bridgehead atoms. The Labute approximate surface area is 115 Å². The highest BCUT2D eigenvalue weighted by atomic mass is 16.5. The van der Waals surface area contributed by atoms with E-state index in [2.05, 4.69) is 30.7 Å². The average Bonchev–Trinajstić information content (AvgIpc) is 2.37. The molecule has 0 saturated carbocycles. The van der Waals surface area contributed by atoms with Crippen LogP contribution >= 0.6 is 0 Å². The maximum atomic E-state index is 11.8. The molecule has 19 heavy (non-hydrogen) atoms. The molecule has 0 amide bonds. The minimum Gasteiger partial charge on any atom is -0.462 e. The number of esters is 1. The number of hydrogen-bond acceptors (Lipinski definition) is 4. The van der Waals surface area contributed by atoms with Crippen LogP contribution in [-0.2, 0) is 17.6 Å². The summed E-state index contributed by atoms with van der Waals surface area (Å²) >= 11 is 0. The number of hydrogen-bond donors (Lipinski definition) is 0. The van der Waals surface area contributed by atoms with Crippen molar-refractivity contribution in [3.63, 3.8) is 0 Å². The molecular formula is C15H24N2O2. The van der Waals surface area contributed by atoms with E-state index in [-0.39, 0.29) is 5.97 Å². The molecule has 0 spiro atoms. The van der Waals surface area contributed by atoms with Crippen LogP contribution in [0.3, 0.4) is 0 Å². The molecule has 0 aliphatic rings. The largest absolute Gasteiger partial charge is 0.462 e. The zero-order chi connectivity index (χ0) is 14.3. The van der Waals surface area contributed by atoms with Gasteiger partial charge in [0.15, 0.2) is 0 Å². The summed E-state index contributed by atoms with van der Waals surface area (Å²) in [7, 11) is 0. The van der Waals surface area contributed by atoms with Crippen molar-refractivity contribution in [1.29, 1.82) is 0 Å². The van der Waals surface area contributed by atoms with Crippen molar-refractivity contribution in [1.82, 2.24) is 9.97 Å². The first-order valence-corrected chi connectivity index (χ1v) is 7.10. The summed E-state index contributed by atoms with van der Waals surface area (Å²) in [5.74, 6) is 1.13. The molecular weight excluding hydrogens is 240 g/mol. The van der Waals surface area contributed by atoms with Crippen LogP contribution in [0.25, 0.3) is 0 Å². The van der Waals surface area contributed by atoms with Gasteiger partial charge >= 0.3 is 5.97 Å². The molecule has 0 saturated heterocycles. The minimum absolute atomic E-state index is 0.318. The van der Waals surface area contributed by atoms with Crippen LogP contribution in [0.4, 0.5) is 0 Å². The average molecular weight is 264 g/mol. The van der Waals surface area contributed by atoms with E-state index in [0.29, 0.717) is 18.1 Å². The standard InChI is InChI=1S/C15H24N2O2/c1-5-7-13-12(15(18)19-6-2)10-16-14(17-13)9-8-11(3)4/h10-11H,5-9H2,1-4H3. The maximum absolute atomic E-state index is 11.8. The normalized spacial score (nSPS) is 10.8. The molecule has 4 heteroatoms. The Morgan fingerprint density at radius 1 is 1.32 bits per heavy atom. The minimum atomic E-state index is -0.318. The van der Waals surface area contributed by atoms with Gasteiger partial charge in [-0.15, -0.1) is 0 Å². The first-order chi connectivity index (χ1) is 9.08. The topological polar surface area (TPSA) is 52.1 Å². The van der Waals surface area contributed by atoms with Gasteiger partial charge in [0.25, 0.3) is 0 Å². The number of aromatic nitrogens is 2. The highest BCUT2D eigenvalue weighted by Gasteiger charge is 2.15. The fourth-order valence-corrected chi connectivity index (χ4v) is 1.80. The van der Waals surface area contributed by atoms with E-state index in [9.17, 15) is 4.79 Å². The van der Waals surface area contributed by atoms with E-state index in [1.807, 2.05) is 0 Å². The van der Waals surface area contributed by atoms with Crippen LogP contribution in [0.2, 0.25) is 0 Å². The van der Waals surface area contributed by atoms with Gasteiger partial charge in [-0.25, -0.2) is 14.8 Å². The molecule has 0 unspecified atom stereocenters. The van der Waals surface area contributed by atoms with Crippen LogP contribution in [0.5, 0.6) is 0 Å². The molecule has 0 aliphatic heterocycles. The van der Waals surface area contributed by atoms with E-state index in [4.69, 9.17) is 4.74 Å². The molecule has 1 rings (SSSR count). The fraction of sp³-hybridized carbons (Fsp3) is 0.667. The molecule has 0 aliphatic carbocycles. The third-order valence-corrected chi connectivity index (χ3v) is 2.85. The SMILES string of the molecule is CCCc1nc(CCC(C)C)ncc1C(=O)OCC. The monoisotopic (exact) mass is 264 g/mol. The van der Waals surface area contributed by atoms with E-state index >= 15 is 0 Å². The second-order valence-electron chi connectivity index (χ2n) is 5.05. The van der Waals surface area contributed by atoms with Gasteiger partial charge in [-0.3, -0.25) is 0 Å². The molecule has 0 atom stereocenters. The summed E-state index contributed by atoms with van der Waals surface area (Å²) in [5, 5.41) is 0. The number of ether oxygens (including phenoxy) is 1. The summed E-state index contributed by atoms with van der Waals surface area (Å²) in [6, 6.07) is 0. The van der Waals surface area contributed by atoms with Crippen LogP contribution in [-0.4, -0.2) is 22.5 Å². The maximum Gasteiger partial charge on any atom is 0.341 e. The second kappa shape index (κ2) is 7.87. The van der Waals surface area contributed by atoms with Crippen molar-refractivity contribution in [2.24, 2.45) is 5.92 Å². The van der Waals surface area contributed by atoms with Crippen molar-refractivity contribution >= 4 is 5.97 Å². The number of carbonyl (C=O) groups excluding carboxylic acids is 1. The molecule has 1 aromatic rings. The highest BCUT2D eigenvalue weighted by molar-refractivity contribution is 5.90. The third-order valence-electron chi connectivity index (χ3n) is 2.85. The Morgan fingerprint density at radius 3 is 2.63 bits per heavy atom. The molecule has 0 radical (unpaired) electrons. The number of rotatable bonds is 7. The fourth-order valence-electron chi connectivity index (χ4n) is 1.80. The van der Waals surface area contributed by atoms with Gasteiger partial charge in [0.05, 0.1) is 17.9 Å². The lowest BCUT2D eigenvalue weighted by molar-refractivity contribution is 0.0524. The summed E-state index contributed by atoms with van der Waals surface area (Å²) in [4.78, 5) is 20.6. The van der Waals surface area contributed by atoms with Crippen molar-refractivity contribution < 1.29 is 9.53 Å². The summed E-state index contributed by atoms with van der Waals surface area (Å²) < 4.78 is 5.03. The Balaban J connectivity index is 2.90. The predicted molar refractivity (Wildman–Crippen MR) is 75.1 cm³/mol. The lowest BCUT2D eigenvalue weighted by atomic mass is 10.1. The first kappa shape index (κ1) is 15.6. The third kappa shape index (κ3) is 4.97. The van der Waals surface area contributed by atoms with Crippen LogP contribution in [0.15, 0.2) is 6.20 Å². The van der Waals surface area contributed by atoms with E-state index in [0.717, 1.165) is 37.2 Å². The molecule has 0 fully saturated rings.